The Morgan fingerprint density at radius 3 is 2.75 bits per heavy atom. The van der Waals surface area contributed by atoms with Crippen LogP contribution in [-0.2, 0) is 0 Å². The quantitative estimate of drug-likeness (QED) is 0.690. The van der Waals surface area contributed by atoms with Gasteiger partial charge in [-0.1, -0.05) is 12.1 Å². The molecular weight excluding hydrogens is 202 g/mol. The van der Waals surface area contributed by atoms with E-state index in [4.69, 9.17) is 4.74 Å². The fourth-order valence-electron chi connectivity index (χ4n) is 1.40. The fraction of sp³-hybridized carbons (Fsp3) is 0.462. The van der Waals surface area contributed by atoms with E-state index in [1.54, 1.807) is 0 Å². The summed E-state index contributed by atoms with van der Waals surface area (Å²) in [5.74, 6) is 0.924. The number of ketones is 1. The minimum Gasteiger partial charge on any atom is -0.494 e. The fourth-order valence-corrected chi connectivity index (χ4v) is 1.40. The molecule has 0 amide bonds. The predicted molar refractivity (Wildman–Crippen MR) is 65.1 cm³/mol. The first-order chi connectivity index (χ1) is 7.63. The molecule has 16 heavy (non-hydrogen) atoms. The third kappa shape index (κ3) is 4.03. The maximum absolute atomic E-state index is 11.8. The van der Waals surface area contributed by atoms with Crippen LogP contribution in [0, 0.1) is 0 Å². The van der Waals surface area contributed by atoms with Crippen LogP contribution in [0.25, 0.3) is 0 Å². The van der Waals surface area contributed by atoms with Crippen LogP contribution in [0.3, 0.4) is 0 Å². The van der Waals surface area contributed by atoms with Crippen molar-refractivity contribution in [2.45, 2.75) is 13.3 Å². The zero-order valence-electron chi connectivity index (χ0n) is 10.2. The van der Waals surface area contributed by atoms with Crippen molar-refractivity contribution in [2.24, 2.45) is 0 Å². The van der Waals surface area contributed by atoms with Crippen molar-refractivity contribution in [3.63, 3.8) is 0 Å². The lowest BCUT2D eigenvalue weighted by Gasteiger charge is -2.09. The molecule has 0 saturated heterocycles. The molecule has 3 heteroatoms. The molecule has 0 aliphatic heterocycles. The smallest absolute Gasteiger partial charge is 0.164 e. The lowest BCUT2D eigenvalue weighted by Crippen LogP contribution is -2.16. The van der Waals surface area contributed by atoms with Crippen molar-refractivity contribution >= 4 is 5.78 Å². The number of hydrogen-bond acceptors (Lipinski definition) is 3. The Labute approximate surface area is 97.0 Å². The molecule has 0 fully saturated rings. The zero-order valence-corrected chi connectivity index (χ0v) is 10.2. The molecule has 0 radical (unpaired) electrons. The molecule has 0 aromatic heterocycles. The highest BCUT2D eigenvalue weighted by molar-refractivity contribution is 5.96. The van der Waals surface area contributed by atoms with Crippen molar-refractivity contribution in [2.75, 3.05) is 27.2 Å². The molecule has 88 valence electrons. The monoisotopic (exact) mass is 221 g/mol. The average Bonchev–Trinajstić information content (AvgIpc) is 2.26. The summed E-state index contributed by atoms with van der Waals surface area (Å²) in [7, 11) is 3.92. The lowest BCUT2D eigenvalue weighted by molar-refractivity contribution is 0.0972. The summed E-state index contributed by atoms with van der Waals surface area (Å²) in [6.45, 7) is 3.33. The van der Waals surface area contributed by atoms with Gasteiger partial charge < -0.3 is 9.64 Å². The van der Waals surface area contributed by atoms with Crippen LogP contribution in [0.2, 0.25) is 0 Å². The molecule has 0 saturated carbocycles. The van der Waals surface area contributed by atoms with E-state index in [0.29, 0.717) is 13.0 Å². The van der Waals surface area contributed by atoms with Crippen LogP contribution >= 0.6 is 0 Å². The van der Waals surface area contributed by atoms with Gasteiger partial charge in [-0.2, -0.15) is 0 Å². The summed E-state index contributed by atoms with van der Waals surface area (Å²) in [5, 5.41) is 0. The molecule has 1 aromatic rings. The summed E-state index contributed by atoms with van der Waals surface area (Å²) in [4.78, 5) is 13.8. The number of benzene rings is 1. The van der Waals surface area contributed by atoms with E-state index in [1.165, 1.54) is 0 Å². The summed E-state index contributed by atoms with van der Waals surface area (Å²) in [6.07, 6.45) is 0.544. The van der Waals surface area contributed by atoms with E-state index in [2.05, 4.69) is 0 Å². The number of rotatable bonds is 6. The molecule has 0 heterocycles. The van der Waals surface area contributed by atoms with Crippen molar-refractivity contribution in [1.29, 1.82) is 0 Å². The van der Waals surface area contributed by atoms with Gasteiger partial charge in [-0.3, -0.25) is 4.79 Å². The highest BCUT2D eigenvalue weighted by Gasteiger charge is 2.07. The Morgan fingerprint density at radius 1 is 1.38 bits per heavy atom. The SMILES string of the molecule is CCOc1cccc(C(=O)CCN(C)C)c1. The van der Waals surface area contributed by atoms with E-state index >= 15 is 0 Å². The molecule has 0 bridgehead atoms. The summed E-state index contributed by atoms with van der Waals surface area (Å²) >= 11 is 0. The first-order valence-electron chi connectivity index (χ1n) is 5.54. The van der Waals surface area contributed by atoms with Crippen LogP contribution in [0.4, 0.5) is 0 Å². The summed E-state index contributed by atoms with van der Waals surface area (Å²) in [5.41, 5.74) is 0.729. The van der Waals surface area contributed by atoms with E-state index in [0.717, 1.165) is 17.9 Å². The van der Waals surface area contributed by atoms with Gasteiger partial charge in [0.25, 0.3) is 0 Å². The number of Topliss-reactive ketones (excluding diaryl/α,β-unsaturated/α-hetero) is 1. The van der Waals surface area contributed by atoms with Crippen molar-refractivity contribution < 1.29 is 9.53 Å². The van der Waals surface area contributed by atoms with Crippen LogP contribution in [-0.4, -0.2) is 37.9 Å². The highest BCUT2D eigenvalue weighted by Crippen LogP contribution is 2.14. The second kappa shape index (κ2) is 6.28. The minimum absolute atomic E-state index is 0.162. The standard InChI is InChI=1S/C13H19NO2/c1-4-16-12-7-5-6-11(10-12)13(15)8-9-14(2)3/h5-7,10H,4,8-9H2,1-3H3. The number of nitrogens with zero attached hydrogens (tertiary/aromatic N) is 1. The van der Waals surface area contributed by atoms with Crippen molar-refractivity contribution in [3.8, 4) is 5.75 Å². The maximum atomic E-state index is 11.8. The van der Waals surface area contributed by atoms with E-state index in [-0.39, 0.29) is 5.78 Å². The van der Waals surface area contributed by atoms with Gasteiger partial charge in [0.1, 0.15) is 5.75 Å². The first kappa shape index (κ1) is 12.7. The molecule has 0 aliphatic rings. The Hall–Kier alpha value is -1.35. The maximum Gasteiger partial charge on any atom is 0.164 e. The molecule has 1 aromatic carbocycles. The van der Waals surface area contributed by atoms with Crippen LogP contribution in [0.1, 0.15) is 23.7 Å². The van der Waals surface area contributed by atoms with Crippen LogP contribution in [0.5, 0.6) is 5.75 Å². The molecule has 0 N–H and O–H groups in total. The van der Waals surface area contributed by atoms with Gasteiger partial charge in [0.05, 0.1) is 6.61 Å². The number of carbonyl (C=O) groups excluding carboxylic acids is 1. The minimum atomic E-state index is 0.162. The number of hydrogen-bond donors (Lipinski definition) is 0. The molecule has 0 unspecified atom stereocenters. The summed E-state index contributed by atoms with van der Waals surface area (Å²) < 4.78 is 5.36. The van der Waals surface area contributed by atoms with E-state index in [1.807, 2.05) is 50.2 Å². The topological polar surface area (TPSA) is 29.5 Å². The lowest BCUT2D eigenvalue weighted by atomic mass is 10.1. The molecule has 3 nitrogen and oxygen atoms in total. The number of ether oxygens (including phenoxy) is 1. The first-order valence-corrected chi connectivity index (χ1v) is 5.54. The second-order valence-corrected chi connectivity index (χ2v) is 3.94. The van der Waals surface area contributed by atoms with E-state index < -0.39 is 0 Å². The van der Waals surface area contributed by atoms with Crippen molar-refractivity contribution in [3.05, 3.63) is 29.8 Å². The summed E-state index contributed by atoms with van der Waals surface area (Å²) in [6, 6.07) is 7.36. The van der Waals surface area contributed by atoms with Gasteiger partial charge >= 0.3 is 0 Å². The highest BCUT2D eigenvalue weighted by atomic mass is 16.5. The second-order valence-electron chi connectivity index (χ2n) is 3.94. The molecular formula is C13H19NO2. The third-order valence-corrected chi connectivity index (χ3v) is 2.25. The molecule has 0 aliphatic carbocycles. The van der Waals surface area contributed by atoms with Crippen LogP contribution < -0.4 is 4.74 Å². The van der Waals surface area contributed by atoms with Gasteiger partial charge in [0.2, 0.25) is 0 Å². The Bertz CT molecular complexity index is 348. The molecule has 1 rings (SSSR count). The van der Waals surface area contributed by atoms with Gasteiger partial charge in [-0.15, -0.1) is 0 Å². The Balaban J connectivity index is 2.64. The largest absolute Gasteiger partial charge is 0.494 e. The van der Waals surface area contributed by atoms with E-state index in [9.17, 15) is 4.79 Å². The van der Waals surface area contributed by atoms with Crippen LogP contribution in [0.15, 0.2) is 24.3 Å². The van der Waals surface area contributed by atoms with Gasteiger partial charge in [0.15, 0.2) is 5.78 Å². The van der Waals surface area contributed by atoms with Gasteiger partial charge in [-0.25, -0.2) is 0 Å². The average molecular weight is 221 g/mol. The Morgan fingerprint density at radius 2 is 2.12 bits per heavy atom. The third-order valence-electron chi connectivity index (χ3n) is 2.25. The van der Waals surface area contributed by atoms with Gasteiger partial charge in [0, 0.05) is 18.5 Å². The normalized spacial score (nSPS) is 10.5. The zero-order chi connectivity index (χ0) is 12.0. The van der Waals surface area contributed by atoms with Gasteiger partial charge in [-0.05, 0) is 33.2 Å². The Kier molecular flexibility index (Phi) is 4.99. The number of carbonyl (C=O) groups is 1. The molecule has 0 atom stereocenters. The van der Waals surface area contributed by atoms with Crippen molar-refractivity contribution in [1.82, 2.24) is 4.90 Å². The predicted octanol–water partition coefficient (Wildman–Crippen LogP) is 2.22. The molecule has 0 spiro atoms.